The molecular weight excluding hydrogens is 346 g/mol. The molecule has 1 unspecified atom stereocenters. The van der Waals surface area contributed by atoms with Gasteiger partial charge in [0.05, 0.1) is 0 Å². The van der Waals surface area contributed by atoms with Crippen LogP contribution in [0, 0.1) is 5.21 Å². The number of carbonyl (C=O) groups is 2. The molecule has 0 aliphatic heterocycles. The first-order chi connectivity index (χ1) is 11.6. The molecule has 0 bridgehead atoms. The minimum atomic E-state index is -1.17. The molecule has 0 aliphatic rings. The van der Waals surface area contributed by atoms with Crippen molar-refractivity contribution in [3.05, 3.63) is 34.9 Å². The summed E-state index contributed by atoms with van der Waals surface area (Å²) in [7, 11) is 0. The molecule has 2 aromatic rings. The molecule has 0 saturated heterocycles. The number of thiol groups is 1. The van der Waals surface area contributed by atoms with Crippen molar-refractivity contribution in [3.8, 4) is 0 Å². The van der Waals surface area contributed by atoms with E-state index in [1.54, 1.807) is 20.8 Å². The topological polar surface area (TPSA) is 118 Å². The summed E-state index contributed by atoms with van der Waals surface area (Å²) in [5.41, 5.74) is 0.396. The maximum Gasteiger partial charge on any atom is 0.327 e. The normalized spacial score (nSPS) is 13.7. The molecule has 0 saturated carbocycles. The van der Waals surface area contributed by atoms with Gasteiger partial charge in [0.1, 0.15) is 11.6 Å². The Morgan fingerprint density at radius 3 is 2.72 bits per heavy atom. The highest BCUT2D eigenvalue weighted by molar-refractivity contribution is 7.80. The molecule has 25 heavy (non-hydrogen) atoms. The number of fused-ring (bicyclic) bond motifs is 1. The molecule has 0 fully saturated rings. The summed E-state index contributed by atoms with van der Waals surface area (Å²) in [6.07, 6.45) is 1.24. The zero-order valence-electron chi connectivity index (χ0n) is 14.0. The molecule has 0 radical (unpaired) electrons. The molecule has 8 nitrogen and oxygen atoms in total. The maximum atomic E-state index is 12.1. The largest absolute Gasteiger partial charge is 0.623 e. The third-order valence-corrected chi connectivity index (χ3v) is 3.71. The molecule has 0 aliphatic carbocycles. The van der Waals surface area contributed by atoms with Crippen molar-refractivity contribution in [2.24, 2.45) is 0 Å². The first-order valence-electron chi connectivity index (χ1n) is 7.48. The van der Waals surface area contributed by atoms with E-state index in [9.17, 15) is 14.8 Å². The van der Waals surface area contributed by atoms with Crippen molar-refractivity contribution >= 4 is 41.8 Å². The van der Waals surface area contributed by atoms with Gasteiger partial charge in [-0.25, -0.2) is 14.5 Å². The molecule has 1 amide bonds. The molecule has 1 aromatic heterocycles. The van der Waals surface area contributed by atoms with Crippen LogP contribution >= 0.6 is 12.6 Å². The fourth-order valence-electron chi connectivity index (χ4n) is 1.86. The summed E-state index contributed by atoms with van der Waals surface area (Å²) in [4.78, 5) is 27.3. The summed E-state index contributed by atoms with van der Waals surface area (Å²) < 4.78 is 6.19. The first-order valence-corrected chi connectivity index (χ1v) is 8.11. The third kappa shape index (κ3) is 4.50. The lowest BCUT2D eigenvalue weighted by Crippen LogP contribution is -2.42. The molecule has 2 rings (SSSR count). The van der Waals surface area contributed by atoms with Crippen molar-refractivity contribution < 1.29 is 23.9 Å². The van der Waals surface area contributed by atoms with Gasteiger partial charge in [-0.15, -0.1) is 0 Å². The van der Waals surface area contributed by atoms with Gasteiger partial charge in [0.15, 0.2) is 11.1 Å². The lowest BCUT2D eigenvalue weighted by Gasteiger charge is -2.17. The predicted molar refractivity (Wildman–Crippen MR) is 95.3 cm³/mol. The predicted octanol–water partition coefficient (Wildman–Crippen LogP) is 1.67. The van der Waals surface area contributed by atoms with E-state index in [4.69, 9.17) is 9.52 Å². The van der Waals surface area contributed by atoms with Crippen molar-refractivity contribution in [2.75, 3.05) is 5.75 Å². The van der Waals surface area contributed by atoms with Crippen LogP contribution in [0.4, 0.5) is 0 Å². The van der Waals surface area contributed by atoms with Gasteiger partial charge in [-0.1, -0.05) is 0 Å². The van der Waals surface area contributed by atoms with Gasteiger partial charge < -0.3 is 20.0 Å². The number of amides is 1. The highest BCUT2D eigenvalue weighted by Gasteiger charge is 2.21. The standard InChI is InChI=1S/C16H19N3O5S/c1-16(2,3)19(23)7-13-17-10-6-9(4-5-12(10)24-13)14(20)18-11(8-25)15(21)22/h4-7,11,25H,8H2,1-3H3,(H,18,20)(H,21,22)/b19-7+. The van der Waals surface area contributed by atoms with E-state index in [0.29, 0.717) is 11.1 Å². The van der Waals surface area contributed by atoms with Crippen LogP contribution in [-0.2, 0) is 4.79 Å². The van der Waals surface area contributed by atoms with Gasteiger partial charge in [-0.3, -0.25) is 4.79 Å². The molecular formula is C16H19N3O5S. The van der Waals surface area contributed by atoms with Gasteiger partial charge >= 0.3 is 5.97 Å². The second-order valence-electron chi connectivity index (χ2n) is 6.41. The van der Waals surface area contributed by atoms with E-state index in [1.807, 2.05) is 0 Å². The molecule has 0 spiro atoms. The summed E-state index contributed by atoms with van der Waals surface area (Å²) in [5, 5.41) is 23.3. The van der Waals surface area contributed by atoms with Crippen molar-refractivity contribution in [1.82, 2.24) is 10.3 Å². The summed E-state index contributed by atoms with van der Waals surface area (Å²) in [5.74, 6) is -1.63. The lowest BCUT2D eigenvalue weighted by molar-refractivity contribution is -0.531. The smallest absolute Gasteiger partial charge is 0.327 e. The van der Waals surface area contributed by atoms with Crippen LogP contribution in [0.1, 0.15) is 37.0 Å². The van der Waals surface area contributed by atoms with Crippen molar-refractivity contribution in [3.63, 3.8) is 0 Å². The van der Waals surface area contributed by atoms with E-state index >= 15 is 0 Å². The van der Waals surface area contributed by atoms with Crippen LogP contribution in [0.25, 0.3) is 11.1 Å². The summed E-state index contributed by atoms with van der Waals surface area (Å²) in [6.45, 7) is 5.26. The SMILES string of the molecule is CC(C)(C)/[N+]([O-])=C\c1nc2cc(C(=O)NC(CS)C(=O)O)ccc2o1. The molecule has 134 valence electrons. The van der Waals surface area contributed by atoms with Crippen LogP contribution in [0.3, 0.4) is 0 Å². The molecule has 1 aromatic carbocycles. The van der Waals surface area contributed by atoms with E-state index in [0.717, 1.165) is 4.74 Å². The Labute approximate surface area is 149 Å². The van der Waals surface area contributed by atoms with Gasteiger partial charge in [-0.05, 0) is 18.2 Å². The number of benzene rings is 1. The number of hydroxylamine groups is 1. The van der Waals surface area contributed by atoms with Crippen LogP contribution in [0.15, 0.2) is 22.6 Å². The number of oxazole rings is 1. The highest BCUT2D eigenvalue weighted by Crippen LogP contribution is 2.17. The van der Waals surface area contributed by atoms with E-state index < -0.39 is 23.5 Å². The van der Waals surface area contributed by atoms with Crippen molar-refractivity contribution in [1.29, 1.82) is 0 Å². The van der Waals surface area contributed by atoms with Gasteiger partial charge in [0, 0.05) is 32.1 Å². The fourth-order valence-corrected chi connectivity index (χ4v) is 2.11. The number of rotatable bonds is 5. The minimum absolute atomic E-state index is 0.0292. The molecule has 9 heteroatoms. The second kappa shape index (κ2) is 7.14. The number of aliphatic carboxylic acids is 1. The highest BCUT2D eigenvalue weighted by atomic mass is 32.1. The van der Waals surface area contributed by atoms with Gasteiger partial charge in [-0.2, -0.15) is 12.6 Å². The zero-order valence-corrected chi connectivity index (χ0v) is 14.9. The zero-order chi connectivity index (χ0) is 18.8. The first kappa shape index (κ1) is 18.8. The van der Waals surface area contributed by atoms with Gasteiger partial charge in [0.25, 0.3) is 11.8 Å². The monoisotopic (exact) mass is 365 g/mol. The lowest BCUT2D eigenvalue weighted by atomic mass is 10.1. The van der Waals surface area contributed by atoms with E-state index in [1.165, 1.54) is 24.4 Å². The van der Waals surface area contributed by atoms with Crippen LogP contribution in [0.2, 0.25) is 0 Å². The number of hydrogen-bond donors (Lipinski definition) is 3. The Bertz CT molecular complexity index is 838. The van der Waals surface area contributed by atoms with Crippen LogP contribution in [0.5, 0.6) is 0 Å². The van der Waals surface area contributed by atoms with Crippen molar-refractivity contribution in [2.45, 2.75) is 32.4 Å². The Morgan fingerprint density at radius 1 is 1.48 bits per heavy atom. The number of carboxylic acid groups (broad SMARTS) is 1. The van der Waals surface area contributed by atoms with E-state index in [-0.39, 0.29) is 17.2 Å². The Kier molecular flexibility index (Phi) is 5.36. The van der Waals surface area contributed by atoms with Crippen LogP contribution < -0.4 is 5.32 Å². The van der Waals surface area contributed by atoms with E-state index in [2.05, 4.69) is 22.9 Å². The average Bonchev–Trinajstić information content (AvgIpc) is 2.92. The number of carboxylic acids is 1. The Morgan fingerprint density at radius 2 is 2.16 bits per heavy atom. The Balaban J connectivity index is 2.28. The number of hydrogen-bond acceptors (Lipinski definition) is 6. The number of aromatic nitrogens is 1. The molecule has 1 heterocycles. The fraction of sp³-hybridized carbons (Fsp3) is 0.375. The number of nitrogens with zero attached hydrogens (tertiary/aromatic N) is 2. The number of nitrogens with one attached hydrogen (secondary N) is 1. The summed E-state index contributed by atoms with van der Waals surface area (Å²) in [6, 6.07) is 3.41. The quantitative estimate of drug-likeness (QED) is 0.244. The average molecular weight is 365 g/mol. The molecule has 1 atom stereocenters. The summed E-state index contributed by atoms with van der Waals surface area (Å²) >= 11 is 3.90. The third-order valence-electron chi connectivity index (χ3n) is 3.34. The van der Waals surface area contributed by atoms with Gasteiger partial charge in [0.2, 0.25) is 6.21 Å². The maximum absolute atomic E-state index is 12.1. The second-order valence-corrected chi connectivity index (χ2v) is 6.77. The number of carbonyl (C=O) groups excluding carboxylic acids is 1. The minimum Gasteiger partial charge on any atom is -0.623 e. The Hall–Kier alpha value is -2.55. The van der Waals surface area contributed by atoms with Crippen LogP contribution in [-0.4, -0.2) is 50.3 Å². The molecule has 2 N–H and O–H groups in total.